The molecule has 4 aromatic heterocycles. The highest BCUT2D eigenvalue weighted by Crippen LogP contribution is 2.28. The Morgan fingerprint density at radius 1 is 0.956 bits per heavy atom. The lowest BCUT2D eigenvalue weighted by Gasteiger charge is -2.24. The Labute approximate surface area is 262 Å². The number of anilines is 3. The van der Waals surface area contributed by atoms with Crippen molar-refractivity contribution in [2.45, 2.75) is 38.8 Å². The SMILES string of the molecule is Cc1cc(-c2ccnn2C)ncc1-c1cc2cnc(Nc3ccc(NC4CCN(C)C4)cc3)nc2n(CC2CCOCC2)c1=O. The monoisotopic (exact) mass is 605 g/mol. The zero-order chi connectivity index (χ0) is 30.9. The van der Waals surface area contributed by atoms with Gasteiger partial charge in [0.05, 0.1) is 11.4 Å². The highest BCUT2D eigenvalue weighted by molar-refractivity contribution is 5.83. The fraction of sp³-hybridized carbons (Fsp3) is 0.382. The van der Waals surface area contributed by atoms with Gasteiger partial charge < -0.3 is 20.3 Å². The number of hydrogen-bond acceptors (Lipinski definition) is 9. The summed E-state index contributed by atoms with van der Waals surface area (Å²) in [7, 11) is 4.05. The molecular formula is C34H39N9O2. The number of fused-ring (bicyclic) bond motifs is 1. The summed E-state index contributed by atoms with van der Waals surface area (Å²) >= 11 is 0. The molecular weight excluding hydrogens is 566 g/mol. The average Bonchev–Trinajstić information content (AvgIpc) is 3.67. The van der Waals surface area contributed by atoms with Crippen molar-refractivity contribution < 1.29 is 4.74 Å². The molecule has 11 heteroatoms. The van der Waals surface area contributed by atoms with Crippen molar-refractivity contribution in [3.8, 4) is 22.5 Å². The van der Waals surface area contributed by atoms with Crippen LogP contribution >= 0.6 is 0 Å². The lowest BCUT2D eigenvalue weighted by Crippen LogP contribution is -2.29. The van der Waals surface area contributed by atoms with Gasteiger partial charge in [-0.15, -0.1) is 0 Å². The van der Waals surface area contributed by atoms with Crippen molar-refractivity contribution in [3.05, 3.63) is 77.0 Å². The molecule has 0 saturated carbocycles. The van der Waals surface area contributed by atoms with Crippen LogP contribution in [0.4, 0.5) is 17.3 Å². The molecule has 2 aliphatic rings. The summed E-state index contributed by atoms with van der Waals surface area (Å²) in [5, 5.41) is 12.0. The lowest BCUT2D eigenvalue weighted by molar-refractivity contribution is 0.0613. The Hall–Kier alpha value is -4.61. The van der Waals surface area contributed by atoms with Crippen LogP contribution in [0.25, 0.3) is 33.5 Å². The van der Waals surface area contributed by atoms with Crippen LogP contribution in [0, 0.1) is 12.8 Å². The van der Waals surface area contributed by atoms with Gasteiger partial charge in [0.2, 0.25) is 5.95 Å². The largest absolute Gasteiger partial charge is 0.381 e. The third-order valence-corrected chi connectivity index (χ3v) is 9.00. The van der Waals surface area contributed by atoms with E-state index in [4.69, 9.17) is 14.7 Å². The molecule has 1 unspecified atom stereocenters. The Balaban J connectivity index is 1.21. The van der Waals surface area contributed by atoms with Gasteiger partial charge in [-0.1, -0.05) is 0 Å². The second-order valence-electron chi connectivity index (χ2n) is 12.3. The van der Waals surface area contributed by atoms with Crippen LogP contribution < -0.4 is 16.2 Å². The summed E-state index contributed by atoms with van der Waals surface area (Å²) in [6.07, 6.45) is 8.31. The molecule has 0 amide bonds. The van der Waals surface area contributed by atoms with Crippen LogP contribution in [-0.2, 0) is 18.3 Å². The molecule has 5 aromatic rings. The van der Waals surface area contributed by atoms with Crippen LogP contribution in [0.15, 0.2) is 65.8 Å². The van der Waals surface area contributed by atoms with Gasteiger partial charge in [-0.25, -0.2) is 4.98 Å². The molecule has 0 radical (unpaired) electrons. The second kappa shape index (κ2) is 12.4. The zero-order valence-corrected chi connectivity index (χ0v) is 26.0. The quantitative estimate of drug-likeness (QED) is 0.256. The number of likely N-dealkylation sites (N-methyl/N-ethyl adjacent to an activating group) is 1. The number of likely N-dealkylation sites (tertiary alicyclic amines) is 1. The van der Waals surface area contributed by atoms with Crippen molar-refractivity contribution in [1.29, 1.82) is 0 Å². The molecule has 232 valence electrons. The topological polar surface area (TPSA) is 115 Å². The number of rotatable bonds is 8. The van der Waals surface area contributed by atoms with Gasteiger partial charge in [-0.05, 0) is 93.7 Å². The number of aryl methyl sites for hydroxylation is 2. The van der Waals surface area contributed by atoms with Crippen LogP contribution in [0.2, 0.25) is 0 Å². The van der Waals surface area contributed by atoms with E-state index >= 15 is 0 Å². The first-order chi connectivity index (χ1) is 21.9. The molecule has 1 aromatic carbocycles. The van der Waals surface area contributed by atoms with E-state index in [2.05, 4.69) is 44.8 Å². The first-order valence-corrected chi connectivity index (χ1v) is 15.7. The van der Waals surface area contributed by atoms with Crippen LogP contribution in [0.1, 0.15) is 24.8 Å². The normalized spacial score (nSPS) is 17.6. The minimum absolute atomic E-state index is 0.0789. The molecule has 7 rings (SSSR count). The maximum absolute atomic E-state index is 14.2. The molecule has 2 fully saturated rings. The molecule has 0 bridgehead atoms. The van der Waals surface area contributed by atoms with Gasteiger partial charge >= 0.3 is 0 Å². The third kappa shape index (κ3) is 6.18. The predicted octanol–water partition coefficient (Wildman–Crippen LogP) is 4.85. The van der Waals surface area contributed by atoms with Gasteiger partial charge in [0.1, 0.15) is 5.65 Å². The molecule has 0 aliphatic carbocycles. The number of hydrogen-bond donors (Lipinski definition) is 2. The fourth-order valence-corrected chi connectivity index (χ4v) is 6.44. The van der Waals surface area contributed by atoms with Crippen molar-refractivity contribution in [2.24, 2.45) is 13.0 Å². The van der Waals surface area contributed by atoms with Crippen molar-refractivity contribution in [1.82, 2.24) is 34.2 Å². The molecule has 11 nitrogen and oxygen atoms in total. The fourth-order valence-electron chi connectivity index (χ4n) is 6.44. The molecule has 2 N–H and O–H groups in total. The standard InChI is InChI=1S/C34H39N9O2/c1-22-16-30(31-8-12-37-42(31)3)35-19-29(22)28-17-24-18-36-34(40-32(24)43(33(28)44)20-23-10-14-45-15-11-23)39-26-6-4-25(5-7-26)38-27-9-13-41(2)21-27/h4-8,12,16-19,23,27,38H,9-11,13-15,20-21H2,1-3H3,(H,36,39,40). The van der Waals surface area contributed by atoms with Gasteiger partial charge in [0, 0.05) is 85.9 Å². The van der Waals surface area contributed by atoms with Crippen LogP contribution in [0.3, 0.4) is 0 Å². The predicted molar refractivity (Wildman–Crippen MR) is 177 cm³/mol. The number of ether oxygens (including phenoxy) is 1. The highest BCUT2D eigenvalue weighted by atomic mass is 16.5. The van der Waals surface area contributed by atoms with Gasteiger partial charge in [-0.3, -0.25) is 19.0 Å². The van der Waals surface area contributed by atoms with Gasteiger partial charge in [0.25, 0.3) is 5.56 Å². The Morgan fingerprint density at radius 2 is 1.76 bits per heavy atom. The molecule has 2 saturated heterocycles. The van der Waals surface area contributed by atoms with Gasteiger partial charge in [-0.2, -0.15) is 10.1 Å². The molecule has 1 atom stereocenters. The number of nitrogens with one attached hydrogen (secondary N) is 2. The Kier molecular flexibility index (Phi) is 8.03. The molecule has 6 heterocycles. The van der Waals surface area contributed by atoms with E-state index < -0.39 is 0 Å². The van der Waals surface area contributed by atoms with Gasteiger partial charge in [0.15, 0.2) is 0 Å². The maximum Gasteiger partial charge on any atom is 0.260 e. The van der Waals surface area contributed by atoms with E-state index in [1.165, 1.54) is 0 Å². The minimum atomic E-state index is -0.0789. The minimum Gasteiger partial charge on any atom is -0.381 e. The summed E-state index contributed by atoms with van der Waals surface area (Å²) in [4.78, 5) is 30.8. The number of nitrogens with zero attached hydrogens (tertiary/aromatic N) is 7. The van der Waals surface area contributed by atoms with E-state index in [-0.39, 0.29) is 5.56 Å². The first kappa shape index (κ1) is 29.1. The van der Waals surface area contributed by atoms with E-state index in [0.29, 0.717) is 48.9 Å². The second-order valence-corrected chi connectivity index (χ2v) is 12.3. The number of pyridine rings is 2. The molecule has 0 spiro atoms. The highest BCUT2D eigenvalue weighted by Gasteiger charge is 2.21. The summed E-state index contributed by atoms with van der Waals surface area (Å²) in [5.41, 5.74) is 6.61. The summed E-state index contributed by atoms with van der Waals surface area (Å²) in [6.45, 7) is 6.17. The lowest BCUT2D eigenvalue weighted by atomic mass is 9.99. The Morgan fingerprint density at radius 3 is 2.47 bits per heavy atom. The van der Waals surface area contributed by atoms with E-state index in [1.54, 1.807) is 23.3 Å². The summed E-state index contributed by atoms with van der Waals surface area (Å²) in [6, 6.07) is 14.5. The van der Waals surface area contributed by atoms with E-state index in [0.717, 1.165) is 71.6 Å². The Bertz CT molecular complexity index is 1880. The molecule has 45 heavy (non-hydrogen) atoms. The van der Waals surface area contributed by atoms with Crippen molar-refractivity contribution >= 4 is 28.4 Å². The number of benzene rings is 1. The first-order valence-electron chi connectivity index (χ1n) is 15.7. The van der Waals surface area contributed by atoms with E-state index in [9.17, 15) is 4.79 Å². The van der Waals surface area contributed by atoms with Crippen molar-refractivity contribution in [2.75, 3.05) is 44.0 Å². The maximum atomic E-state index is 14.2. The average molecular weight is 606 g/mol. The third-order valence-electron chi connectivity index (χ3n) is 9.00. The smallest absolute Gasteiger partial charge is 0.260 e. The van der Waals surface area contributed by atoms with E-state index in [1.807, 2.05) is 48.9 Å². The number of aromatic nitrogens is 6. The summed E-state index contributed by atoms with van der Waals surface area (Å²) < 4.78 is 9.23. The zero-order valence-electron chi connectivity index (χ0n) is 26.0. The van der Waals surface area contributed by atoms with Crippen LogP contribution in [-0.4, -0.2) is 73.6 Å². The van der Waals surface area contributed by atoms with Crippen molar-refractivity contribution in [3.63, 3.8) is 0 Å². The molecule has 2 aliphatic heterocycles. The summed E-state index contributed by atoms with van der Waals surface area (Å²) in [5.74, 6) is 0.777. The van der Waals surface area contributed by atoms with Crippen LogP contribution in [0.5, 0.6) is 0 Å².